The van der Waals surface area contributed by atoms with Crippen LogP contribution in [0.15, 0.2) is 72.8 Å². The average molecular weight is 631 g/mol. The highest BCUT2D eigenvalue weighted by atomic mass is 32.2. The predicted octanol–water partition coefficient (Wildman–Crippen LogP) is 4.04. The Morgan fingerprint density at radius 2 is 1.16 bits per heavy atom. The van der Waals surface area contributed by atoms with Crippen LogP contribution in [0.3, 0.4) is 0 Å². The van der Waals surface area contributed by atoms with Crippen molar-refractivity contribution < 1.29 is 51.6 Å². The van der Waals surface area contributed by atoms with Gasteiger partial charge in [0.05, 0.1) is 27.9 Å². The van der Waals surface area contributed by atoms with E-state index in [4.69, 9.17) is 47.4 Å². The first kappa shape index (κ1) is 31.9. The van der Waals surface area contributed by atoms with Gasteiger partial charge in [0.25, 0.3) is 0 Å². The number of fused-ring (bicyclic) bond motifs is 1. The summed E-state index contributed by atoms with van der Waals surface area (Å²) < 4.78 is 72.2. The SMILES string of the molecule is C=S(C)(=O)C1OC2COC(c3ccc(OC)cc3)OC2C(OCOc2ccc(OC)cc2)C1OCOc1ccc(OC)cc1. The van der Waals surface area contributed by atoms with Crippen LogP contribution in [-0.4, -0.2) is 87.7 Å². The summed E-state index contributed by atoms with van der Waals surface area (Å²) in [5.74, 6) is 7.14. The zero-order valence-corrected chi connectivity index (χ0v) is 25.9. The van der Waals surface area contributed by atoms with Crippen molar-refractivity contribution in [3.63, 3.8) is 0 Å². The largest absolute Gasteiger partial charge is 0.497 e. The molecule has 3 aromatic carbocycles. The molecule has 7 unspecified atom stereocenters. The van der Waals surface area contributed by atoms with Crippen molar-refractivity contribution >= 4 is 15.4 Å². The molecule has 0 radical (unpaired) electrons. The highest BCUT2D eigenvalue weighted by Gasteiger charge is 2.53. The zero-order chi connectivity index (χ0) is 31.1. The molecule has 0 amide bonds. The van der Waals surface area contributed by atoms with Gasteiger partial charge >= 0.3 is 0 Å². The molecule has 3 aromatic rings. The maximum atomic E-state index is 13.4. The Labute approximate surface area is 257 Å². The van der Waals surface area contributed by atoms with E-state index in [9.17, 15) is 4.21 Å². The minimum atomic E-state index is -2.80. The number of methoxy groups -OCH3 is 3. The second kappa shape index (κ2) is 14.5. The molecular formula is C32H38O11S. The summed E-state index contributed by atoms with van der Waals surface area (Å²) in [7, 11) is 1.99. The van der Waals surface area contributed by atoms with Gasteiger partial charge < -0.3 is 47.4 Å². The van der Waals surface area contributed by atoms with Crippen molar-refractivity contribution in [2.75, 3.05) is 47.8 Å². The molecule has 0 aromatic heterocycles. The molecule has 2 aliphatic heterocycles. The van der Waals surface area contributed by atoms with Crippen LogP contribution in [0.1, 0.15) is 11.9 Å². The van der Waals surface area contributed by atoms with Crippen molar-refractivity contribution in [1.29, 1.82) is 0 Å². The fourth-order valence-corrected chi connectivity index (χ4v) is 6.13. The lowest BCUT2D eigenvalue weighted by molar-refractivity contribution is -0.334. The average Bonchev–Trinajstić information content (AvgIpc) is 3.05. The summed E-state index contributed by atoms with van der Waals surface area (Å²) >= 11 is 0. The fourth-order valence-electron chi connectivity index (χ4n) is 4.95. The second-order valence-corrected chi connectivity index (χ2v) is 12.9. The van der Waals surface area contributed by atoms with Crippen molar-refractivity contribution in [3.8, 4) is 28.7 Å². The molecule has 11 nitrogen and oxygen atoms in total. The van der Waals surface area contributed by atoms with E-state index in [1.54, 1.807) is 69.9 Å². The van der Waals surface area contributed by atoms with Crippen LogP contribution in [0.2, 0.25) is 0 Å². The molecule has 0 bridgehead atoms. The Morgan fingerprint density at radius 3 is 1.64 bits per heavy atom. The minimum absolute atomic E-state index is 0.147. The van der Waals surface area contributed by atoms with E-state index >= 15 is 0 Å². The lowest BCUT2D eigenvalue weighted by Crippen LogP contribution is -2.64. The summed E-state index contributed by atoms with van der Waals surface area (Å²) in [6.45, 7) is -0.158. The third-order valence-electron chi connectivity index (χ3n) is 7.25. The van der Waals surface area contributed by atoms with Gasteiger partial charge in [-0.1, -0.05) is 12.1 Å². The number of benzene rings is 3. The molecule has 7 atom stereocenters. The molecule has 5 rings (SSSR count). The highest BCUT2D eigenvalue weighted by molar-refractivity contribution is 8.00. The van der Waals surface area contributed by atoms with Gasteiger partial charge in [-0.15, -0.1) is 0 Å². The molecule has 0 saturated carbocycles. The van der Waals surface area contributed by atoms with Crippen molar-refractivity contribution in [3.05, 3.63) is 78.4 Å². The van der Waals surface area contributed by atoms with Gasteiger partial charge in [-0.3, -0.25) is 4.21 Å². The first-order valence-corrected chi connectivity index (χ1v) is 16.1. The van der Waals surface area contributed by atoms with Crippen LogP contribution in [0.5, 0.6) is 28.7 Å². The third-order valence-corrected chi connectivity index (χ3v) is 8.62. The predicted molar refractivity (Wildman–Crippen MR) is 163 cm³/mol. The Balaban J connectivity index is 1.37. The summed E-state index contributed by atoms with van der Waals surface area (Å²) in [5.41, 5.74) is -0.157. The van der Waals surface area contributed by atoms with Gasteiger partial charge in [0, 0.05) is 11.8 Å². The summed E-state index contributed by atoms with van der Waals surface area (Å²) in [4.78, 5) is 0. The Morgan fingerprint density at radius 1 is 0.705 bits per heavy atom. The summed E-state index contributed by atoms with van der Waals surface area (Å²) in [6, 6.07) is 21.6. The molecule has 2 heterocycles. The topological polar surface area (TPSA) is 109 Å². The molecule has 238 valence electrons. The number of hydrogen-bond donors (Lipinski definition) is 0. The normalized spacial score (nSPS) is 26.1. The van der Waals surface area contributed by atoms with Gasteiger partial charge in [-0.05, 0) is 76.1 Å². The molecule has 2 fully saturated rings. The van der Waals surface area contributed by atoms with Gasteiger partial charge in [-0.2, -0.15) is 0 Å². The summed E-state index contributed by atoms with van der Waals surface area (Å²) in [6.07, 6.45) is -2.14. The van der Waals surface area contributed by atoms with E-state index in [1.807, 2.05) is 24.3 Å². The van der Waals surface area contributed by atoms with Crippen LogP contribution >= 0.6 is 0 Å². The fraction of sp³-hybridized carbons (Fsp3) is 0.406. The van der Waals surface area contributed by atoms with Crippen LogP contribution in [0.25, 0.3) is 0 Å². The second-order valence-electron chi connectivity index (χ2n) is 10.3. The third kappa shape index (κ3) is 7.76. The maximum Gasteiger partial charge on any atom is 0.189 e. The lowest BCUT2D eigenvalue weighted by Gasteiger charge is -2.49. The molecule has 44 heavy (non-hydrogen) atoms. The number of ether oxygens (including phenoxy) is 10. The Kier molecular flexibility index (Phi) is 10.5. The van der Waals surface area contributed by atoms with Crippen molar-refractivity contribution in [1.82, 2.24) is 0 Å². The number of hydrogen-bond acceptors (Lipinski definition) is 11. The van der Waals surface area contributed by atoms with Crippen molar-refractivity contribution in [2.45, 2.75) is 36.1 Å². The van der Waals surface area contributed by atoms with E-state index in [-0.39, 0.29) is 20.2 Å². The molecule has 0 N–H and O–H groups in total. The minimum Gasteiger partial charge on any atom is -0.497 e. The zero-order valence-electron chi connectivity index (χ0n) is 25.1. The van der Waals surface area contributed by atoms with Crippen LogP contribution in [-0.2, 0) is 33.2 Å². The summed E-state index contributed by atoms with van der Waals surface area (Å²) in [5, 5.41) is 0. The molecule has 12 heteroatoms. The van der Waals surface area contributed by atoms with E-state index < -0.39 is 45.7 Å². The lowest BCUT2D eigenvalue weighted by atomic mass is 9.98. The molecule has 2 saturated heterocycles. The van der Waals surface area contributed by atoms with Gasteiger partial charge in [0.2, 0.25) is 0 Å². The van der Waals surface area contributed by atoms with Gasteiger partial charge in [-0.25, -0.2) is 0 Å². The Hall–Kier alpha value is -3.52. The quantitative estimate of drug-likeness (QED) is 0.202. The first-order valence-electron chi connectivity index (χ1n) is 13.9. The smallest absolute Gasteiger partial charge is 0.189 e. The van der Waals surface area contributed by atoms with Crippen LogP contribution in [0, 0.1) is 0 Å². The van der Waals surface area contributed by atoms with Crippen LogP contribution in [0.4, 0.5) is 0 Å². The van der Waals surface area contributed by atoms with Gasteiger partial charge in [0.1, 0.15) is 53.2 Å². The molecule has 2 aliphatic rings. The van der Waals surface area contributed by atoms with E-state index in [0.29, 0.717) is 28.7 Å². The molecule has 0 aliphatic carbocycles. The molecule has 0 spiro atoms. The van der Waals surface area contributed by atoms with E-state index in [0.717, 1.165) is 5.56 Å². The monoisotopic (exact) mass is 630 g/mol. The van der Waals surface area contributed by atoms with Crippen molar-refractivity contribution in [2.24, 2.45) is 0 Å². The van der Waals surface area contributed by atoms with Gasteiger partial charge in [0.15, 0.2) is 25.3 Å². The standard InChI is InChI=1S/C32H38O11S/c1-34-22-8-6-21(7-9-22)31-37-18-27-28(43-31)29(40-19-38-25-14-10-23(35-2)11-15-25)30(32(42-27)44(4,5)33)41-20-39-26-16-12-24(36-3)13-17-26/h6-17,27-32H,4,18-20H2,1-3,5H3. The first-order chi connectivity index (χ1) is 21.3. The number of rotatable bonds is 13. The Bertz CT molecular complexity index is 1430. The highest BCUT2D eigenvalue weighted by Crippen LogP contribution is 2.38. The van der Waals surface area contributed by atoms with E-state index in [2.05, 4.69) is 5.87 Å². The van der Waals surface area contributed by atoms with Crippen LogP contribution < -0.4 is 23.7 Å². The maximum absolute atomic E-state index is 13.4. The molecular weight excluding hydrogens is 592 g/mol. The van der Waals surface area contributed by atoms with E-state index in [1.165, 1.54) is 6.26 Å².